The first kappa shape index (κ1) is 16.4. The zero-order valence-electron chi connectivity index (χ0n) is 12.0. The van der Waals surface area contributed by atoms with Gasteiger partial charge in [0.1, 0.15) is 11.4 Å². The van der Waals surface area contributed by atoms with Gasteiger partial charge in [0.2, 0.25) is 0 Å². The Bertz CT molecular complexity index is 496. The van der Waals surface area contributed by atoms with Gasteiger partial charge in [0, 0.05) is 0 Å². The zero-order valence-corrected chi connectivity index (χ0v) is 12.0. The monoisotopic (exact) mass is 287 g/mol. The standard InChI is InChI=1S/C14H19F2NO3/c1-9-7-10(12(18)20-13(2,3)4)5-6-11(9)19-14(15,16)8-17/h5-7H,8,17H2,1-4H3. The van der Waals surface area contributed by atoms with Crippen LogP contribution < -0.4 is 10.5 Å². The van der Waals surface area contributed by atoms with Gasteiger partial charge in [0.25, 0.3) is 0 Å². The fraction of sp³-hybridized carbons (Fsp3) is 0.500. The van der Waals surface area contributed by atoms with Gasteiger partial charge >= 0.3 is 12.1 Å². The molecule has 0 aromatic heterocycles. The Balaban J connectivity index is 2.91. The lowest BCUT2D eigenvalue weighted by Crippen LogP contribution is -2.34. The fourth-order valence-corrected chi connectivity index (χ4v) is 1.43. The minimum atomic E-state index is -3.43. The number of hydrogen-bond acceptors (Lipinski definition) is 4. The molecule has 0 atom stereocenters. The highest BCUT2D eigenvalue weighted by Crippen LogP contribution is 2.26. The maximum Gasteiger partial charge on any atom is 0.410 e. The van der Waals surface area contributed by atoms with E-state index in [1.165, 1.54) is 18.2 Å². The van der Waals surface area contributed by atoms with Gasteiger partial charge in [-0.05, 0) is 51.5 Å². The summed E-state index contributed by atoms with van der Waals surface area (Å²) in [5.74, 6) is -0.537. The molecule has 0 aliphatic rings. The third-order valence-corrected chi connectivity index (χ3v) is 2.31. The van der Waals surface area contributed by atoms with Crippen molar-refractivity contribution in [1.82, 2.24) is 0 Å². The second-order valence-corrected chi connectivity index (χ2v) is 5.43. The van der Waals surface area contributed by atoms with Crippen molar-refractivity contribution in [3.8, 4) is 5.75 Å². The highest BCUT2D eigenvalue weighted by molar-refractivity contribution is 5.90. The van der Waals surface area contributed by atoms with Crippen LogP contribution >= 0.6 is 0 Å². The number of ether oxygens (including phenoxy) is 2. The van der Waals surface area contributed by atoms with E-state index < -0.39 is 24.2 Å². The molecule has 1 aromatic carbocycles. The summed E-state index contributed by atoms with van der Waals surface area (Å²) in [5.41, 5.74) is 4.97. The number of carbonyl (C=O) groups is 1. The van der Waals surface area contributed by atoms with Crippen LogP contribution in [0.4, 0.5) is 8.78 Å². The molecule has 0 spiro atoms. The average molecular weight is 287 g/mol. The molecule has 0 saturated heterocycles. The molecule has 0 saturated carbocycles. The van der Waals surface area contributed by atoms with E-state index in [9.17, 15) is 13.6 Å². The van der Waals surface area contributed by atoms with Gasteiger partial charge < -0.3 is 15.2 Å². The van der Waals surface area contributed by atoms with Crippen LogP contribution in [0.3, 0.4) is 0 Å². The smallest absolute Gasteiger partial charge is 0.410 e. The minimum absolute atomic E-state index is 0.0206. The van der Waals surface area contributed by atoms with Gasteiger partial charge in [0.05, 0.1) is 12.1 Å². The molecule has 4 nitrogen and oxygen atoms in total. The normalized spacial score (nSPS) is 12.2. The van der Waals surface area contributed by atoms with Crippen LogP contribution in [0.15, 0.2) is 18.2 Å². The summed E-state index contributed by atoms with van der Waals surface area (Å²) in [6, 6.07) is 4.12. The van der Waals surface area contributed by atoms with Crippen LogP contribution in [0.5, 0.6) is 5.75 Å². The Labute approximate surface area is 116 Å². The summed E-state index contributed by atoms with van der Waals surface area (Å²) < 4.78 is 35.8. The van der Waals surface area contributed by atoms with Gasteiger partial charge in [-0.15, -0.1) is 0 Å². The molecule has 0 amide bonds. The van der Waals surface area contributed by atoms with Crippen molar-refractivity contribution in [3.05, 3.63) is 29.3 Å². The molecule has 1 aromatic rings. The summed E-state index contributed by atoms with van der Waals surface area (Å²) >= 11 is 0. The maximum absolute atomic E-state index is 13.1. The van der Waals surface area contributed by atoms with Gasteiger partial charge in [0.15, 0.2) is 0 Å². The molecule has 0 radical (unpaired) electrons. The largest absolute Gasteiger partial charge is 0.456 e. The fourth-order valence-electron chi connectivity index (χ4n) is 1.43. The predicted molar refractivity (Wildman–Crippen MR) is 71.0 cm³/mol. The number of halogens is 2. The van der Waals surface area contributed by atoms with E-state index in [4.69, 9.17) is 10.5 Å². The summed E-state index contributed by atoms with van der Waals surface area (Å²) in [6.07, 6.45) is -3.43. The molecular formula is C14H19F2NO3. The van der Waals surface area contributed by atoms with Crippen molar-refractivity contribution in [2.24, 2.45) is 5.73 Å². The Kier molecular flexibility index (Phi) is 4.70. The molecule has 0 bridgehead atoms. The summed E-state index contributed by atoms with van der Waals surface area (Å²) in [7, 11) is 0. The van der Waals surface area contributed by atoms with E-state index in [1.807, 2.05) is 0 Å². The summed E-state index contributed by atoms with van der Waals surface area (Å²) in [4.78, 5) is 11.8. The van der Waals surface area contributed by atoms with Crippen molar-refractivity contribution in [2.45, 2.75) is 39.4 Å². The first-order chi connectivity index (χ1) is 9.04. The SMILES string of the molecule is Cc1cc(C(=O)OC(C)(C)C)ccc1OC(F)(F)CN. The first-order valence-corrected chi connectivity index (χ1v) is 6.15. The van der Waals surface area contributed by atoms with Crippen molar-refractivity contribution in [1.29, 1.82) is 0 Å². The topological polar surface area (TPSA) is 61.5 Å². The molecule has 112 valence electrons. The highest BCUT2D eigenvalue weighted by Gasteiger charge is 2.30. The van der Waals surface area contributed by atoms with E-state index in [0.29, 0.717) is 5.56 Å². The lowest BCUT2D eigenvalue weighted by molar-refractivity contribution is -0.166. The van der Waals surface area contributed by atoms with Crippen LogP contribution in [0, 0.1) is 6.92 Å². The Morgan fingerprint density at radius 2 is 1.90 bits per heavy atom. The van der Waals surface area contributed by atoms with E-state index >= 15 is 0 Å². The van der Waals surface area contributed by atoms with Crippen LogP contribution in [-0.4, -0.2) is 24.2 Å². The van der Waals surface area contributed by atoms with Crippen molar-refractivity contribution < 1.29 is 23.0 Å². The number of esters is 1. The van der Waals surface area contributed by atoms with Gasteiger partial charge in [-0.2, -0.15) is 8.78 Å². The van der Waals surface area contributed by atoms with Crippen LogP contribution in [0.1, 0.15) is 36.7 Å². The number of hydrogen-bond donors (Lipinski definition) is 1. The van der Waals surface area contributed by atoms with Gasteiger partial charge in [-0.1, -0.05) is 0 Å². The third kappa shape index (κ3) is 4.77. The van der Waals surface area contributed by atoms with Crippen LogP contribution in [0.2, 0.25) is 0 Å². The number of benzene rings is 1. The number of rotatable bonds is 4. The molecule has 1 rings (SSSR count). The number of nitrogens with two attached hydrogens (primary N) is 1. The van der Waals surface area contributed by atoms with Crippen molar-refractivity contribution >= 4 is 5.97 Å². The van der Waals surface area contributed by atoms with Crippen LogP contribution in [-0.2, 0) is 4.74 Å². The molecule has 6 heteroatoms. The zero-order chi connectivity index (χ0) is 15.6. The van der Waals surface area contributed by atoms with Crippen molar-refractivity contribution in [2.75, 3.05) is 6.54 Å². The van der Waals surface area contributed by atoms with E-state index in [1.54, 1.807) is 27.7 Å². The second kappa shape index (κ2) is 5.75. The Morgan fingerprint density at radius 1 is 1.30 bits per heavy atom. The number of carbonyl (C=O) groups excluding carboxylic acids is 1. The van der Waals surface area contributed by atoms with Gasteiger partial charge in [-0.25, -0.2) is 4.79 Å². The first-order valence-electron chi connectivity index (χ1n) is 6.15. The molecular weight excluding hydrogens is 268 g/mol. The van der Waals surface area contributed by atoms with Gasteiger partial charge in [-0.3, -0.25) is 0 Å². The number of alkyl halides is 2. The van der Waals surface area contributed by atoms with Crippen molar-refractivity contribution in [3.63, 3.8) is 0 Å². The molecule has 20 heavy (non-hydrogen) atoms. The molecule has 0 aliphatic heterocycles. The lowest BCUT2D eigenvalue weighted by Gasteiger charge is -2.20. The quantitative estimate of drug-likeness (QED) is 0.865. The minimum Gasteiger partial charge on any atom is -0.456 e. The Morgan fingerprint density at radius 3 is 2.35 bits per heavy atom. The second-order valence-electron chi connectivity index (χ2n) is 5.43. The van der Waals surface area contributed by atoms with E-state index in [0.717, 1.165) is 0 Å². The molecule has 0 fully saturated rings. The summed E-state index contributed by atoms with van der Waals surface area (Å²) in [6.45, 7) is 5.89. The van der Waals surface area contributed by atoms with E-state index in [2.05, 4.69) is 4.74 Å². The lowest BCUT2D eigenvalue weighted by atomic mass is 10.1. The molecule has 2 N–H and O–H groups in total. The van der Waals surface area contributed by atoms with E-state index in [-0.39, 0.29) is 11.3 Å². The van der Waals surface area contributed by atoms with Crippen LogP contribution in [0.25, 0.3) is 0 Å². The summed E-state index contributed by atoms with van der Waals surface area (Å²) in [5, 5.41) is 0. The number of aryl methyl sites for hydroxylation is 1. The molecule has 0 unspecified atom stereocenters. The Hall–Kier alpha value is -1.69. The molecule has 0 aliphatic carbocycles. The highest BCUT2D eigenvalue weighted by atomic mass is 19.3. The molecule has 0 heterocycles. The average Bonchev–Trinajstić information content (AvgIpc) is 2.29. The third-order valence-electron chi connectivity index (χ3n) is 2.31. The predicted octanol–water partition coefficient (Wildman–Crippen LogP) is 2.88. The maximum atomic E-state index is 13.1.